The molecule has 0 atom stereocenters. The van der Waals surface area contributed by atoms with E-state index in [-0.39, 0.29) is 4.90 Å². The third kappa shape index (κ3) is 4.95. The van der Waals surface area contributed by atoms with E-state index in [1.165, 1.54) is 38.5 Å². The highest BCUT2D eigenvalue weighted by molar-refractivity contribution is 7.92. The normalized spacial score (nSPS) is 16.2. The summed E-state index contributed by atoms with van der Waals surface area (Å²) in [6, 6.07) is 10.8. The van der Waals surface area contributed by atoms with Crippen LogP contribution in [0.4, 0.5) is 11.5 Å². The molecule has 1 saturated carbocycles. The number of aryl methyl sites for hydroxylation is 1. The molecule has 0 unspecified atom stereocenters. The predicted octanol–water partition coefficient (Wildman–Crippen LogP) is 4.33. The molecular formula is C19H25N3O2S. The fourth-order valence-electron chi connectivity index (χ4n) is 3.10. The van der Waals surface area contributed by atoms with Crippen molar-refractivity contribution in [1.82, 2.24) is 4.98 Å². The van der Waals surface area contributed by atoms with Crippen LogP contribution in [0.5, 0.6) is 0 Å². The van der Waals surface area contributed by atoms with Gasteiger partial charge in [0.25, 0.3) is 10.0 Å². The van der Waals surface area contributed by atoms with Gasteiger partial charge >= 0.3 is 0 Å². The van der Waals surface area contributed by atoms with E-state index >= 15 is 0 Å². The summed E-state index contributed by atoms with van der Waals surface area (Å²) in [7, 11) is -3.59. The minimum Gasteiger partial charge on any atom is -0.367 e. The summed E-state index contributed by atoms with van der Waals surface area (Å²) in [6.07, 6.45) is 9.03. The molecule has 0 aliphatic heterocycles. The second-order valence-corrected chi connectivity index (χ2v) is 8.37. The van der Waals surface area contributed by atoms with Crippen molar-refractivity contribution < 1.29 is 8.42 Å². The summed E-state index contributed by atoms with van der Waals surface area (Å²) in [5.74, 6) is 0.796. The second kappa shape index (κ2) is 7.87. The van der Waals surface area contributed by atoms with Crippen LogP contribution in [-0.4, -0.2) is 19.4 Å². The van der Waals surface area contributed by atoms with Crippen molar-refractivity contribution in [3.05, 3.63) is 48.2 Å². The van der Waals surface area contributed by atoms with E-state index in [2.05, 4.69) is 15.0 Å². The van der Waals surface area contributed by atoms with Gasteiger partial charge in [0.1, 0.15) is 5.82 Å². The summed E-state index contributed by atoms with van der Waals surface area (Å²) >= 11 is 0. The number of sulfonamides is 1. The van der Waals surface area contributed by atoms with Gasteiger partial charge in [0.15, 0.2) is 0 Å². The number of rotatable bonds is 5. The molecule has 1 fully saturated rings. The van der Waals surface area contributed by atoms with Gasteiger partial charge in [-0.2, -0.15) is 0 Å². The highest BCUT2D eigenvalue weighted by Gasteiger charge is 2.15. The Hall–Kier alpha value is -2.08. The molecule has 6 heteroatoms. The molecule has 0 amide bonds. The van der Waals surface area contributed by atoms with Crippen molar-refractivity contribution in [3.8, 4) is 0 Å². The van der Waals surface area contributed by atoms with Gasteiger partial charge in [-0.05, 0) is 44.0 Å². The lowest BCUT2D eigenvalue weighted by molar-refractivity contribution is 0.601. The monoisotopic (exact) mass is 359 g/mol. The lowest BCUT2D eigenvalue weighted by atomic mass is 10.1. The van der Waals surface area contributed by atoms with Crippen LogP contribution in [0.3, 0.4) is 0 Å². The SMILES string of the molecule is Cc1ccc(S(=O)(=O)Nc2ccc(NC3CCCCCC3)nc2)cc1. The lowest BCUT2D eigenvalue weighted by Crippen LogP contribution is -2.19. The van der Waals surface area contributed by atoms with Crippen LogP contribution >= 0.6 is 0 Å². The van der Waals surface area contributed by atoms with E-state index in [0.717, 1.165) is 11.4 Å². The maximum absolute atomic E-state index is 12.4. The Kier molecular flexibility index (Phi) is 5.58. The first-order chi connectivity index (χ1) is 12.0. The minimum absolute atomic E-state index is 0.249. The molecule has 1 aromatic heterocycles. The van der Waals surface area contributed by atoms with Crippen LogP contribution < -0.4 is 10.0 Å². The van der Waals surface area contributed by atoms with Crippen LogP contribution in [0.1, 0.15) is 44.1 Å². The zero-order valence-corrected chi connectivity index (χ0v) is 15.3. The smallest absolute Gasteiger partial charge is 0.261 e. The Morgan fingerprint density at radius 1 is 0.960 bits per heavy atom. The van der Waals surface area contributed by atoms with Gasteiger partial charge in [0.2, 0.25) is 0 Å². The quantitative estimate of drug-likeness (QED) is 0.780. The molecule has 1 aliphatic rings. The topological polar surface area (TPSA) is 71.1 Å². The van der Waals surface area contributed by atoms with Crippen molar-refractivity contribution in [2.75, 3.05) is 10.0 Å². The minimum atomic E-state index is -3.59. The van der Waals surface area contributed by atoms with E-state index in [9.17, 15) is 8.42 Å². The van der Waals surface area contributed by atoms with Crippen molar-refractivity contribution in [1.29, 1.82) is 0 Å². The van der Waals surface area contributed by atoms with Crippen molar-refractivity contribution in [3.63, 3.8) is 0 Å². The molecule has 134 valence electrons. The zero-order valence-electron chi connectivity index (χ0n) is 14.5. The first kappa shape index (κ1) is 17.7. The summed E-state index contributed by atoms with van der Waals surface area (Å²) in [5.41, 5.74) is 1.49. The first-order valence-electron chi connectivity index (χ1n) is 8.85. The fraction of sp³-hybridized carbons (Fsp3) is 0.421. The van der Waals surface area contributed by atoms with Crippen LogP contribution in [0.25, 0.3) is 0 Å². The Morgan fingerprint density at radius 2 is 1.64 bits per heavy atom. The van der Waals surface area contributed by atoms with Gasteiger partial charge in [0, 0.05) is 6.04 Å². The molecule has 25 heavy (non-hydrogen) atoms. The van der Waals surface area contributed by atoms with E-state index < -0.39 is 10.0 Å². The zero-order chi connectivity index (χ0) is 17.7. The molecule has 0 radical (unpaired) electrons. The summed E-state index contributed by atoms with van der Waals surface area (Å²) in [6.45, 7) is 1.92. The Bertz CT molecular complexity index is 778. The third-order valence-electron chi connectivity index (χ3n) is 4.55. The molecule has 0 saturated heterocycles. The number of anilines is 2. The van der Waals surface area contributed by atoms with E-state index in [1.807, 2.05) is 13.0 Å². The third-order valence-corrected chi connectivity index (χ3v) is 5.95. The number of nitrogens with one attached hydrogen (secondary N) is 2. The molecular weight excluding hydrogens is 334 g/mol. The van der Waals surface area contributed by atoms with Gasteiger partial charge in [-0.3, -0.25) is 4.72 Å². The molecule has 0 spiro atoms. The number of hydrogen-bond acceptors (Lipinski definition) is 4. The van der Waals surface area contributed by atoms with Crippen LogP contribution in [0.2, 0.25) is 0 Å². The fourth-order valence-corrected chi connectivity index (χ4v) is 4.15. The number of aromatic nitrogens is 1. The van der Waals surface area contributed by atoms with E-state index in [1.54, 1.807) is 36.5 Å². The van der Waals surface area contributed by atoms with Crippen LogP contribution in [0.15, 0.2) is 47.5 Å². The van der Waals surface area contributed by atoms with E-state index in [4.69, 9.17) is 0 Å². The van der Waals surface area contributed by atoms with Crippen molar-refractivity contribution >= 4 is 21.5 Å². The predicted molar refractivity (Wildman–Crippen MR) is 101 cm³/mol. The maximum Gasteiger partial charge on any atom is 0.261 e. The highest BCUT2D eigenvalue weighted by Crippen LogP contribution is 2.21. The number of hydrogen-bond donors (Lipinski definition) is 2. The molecule has 1 aliphatic carbocycles. The largest absolute Gasteiger partial charge is 0.367 e. The molecule has 2 aromatic rings. The average molecular weight is 359 g/mol. The van der Waals surface area contributed by atoms with Gasteiger partial charge in [-0.15, -0.1) is 0 Å². The molecule has 3 rings (SSSR count). The van der Waals surface area contributed by atoms with E-state index in [0.29, 0.717) is 11.7 Å². The Labute approximate surface area is 149 Å². The molecule has 2 N–H and O–H groups in total. The standard InChI is InChI=1S/C19H25N3O2S/c1-15-8-11-18(12-9-15)25(23,24)22-17-10-13-19(20-14-17)21-16-6-4-2-3-5-7-16/h8-14,16,22H,2-7H2,1H3,(H,20,21). The number of pyridine rings is 1. The number of benzene rings is 1. The molecule has 1 heterocycles. The summed E-state index contributed by atoms with van der Waals surface area (Å²) in [4.78, 5) is 4.61. The molecule has 0 bridgehead atoms. The summed E-state index contributed by atoms with van der Waals surface area (Å²) < 4.78 is 27.4. The highest BCUT2D eigenvalue weighted by atomic mass is 32.2. The van der Waals surface area contributed by atoms with Crippen LogP contribution in [0, 0.1) is 6.92 Å². The molecule has 1 aromatic carbocycles. The second-order valence-electron chi connectivity index (χ2n) is 6.68. The van der Waals surface area contributed by atoms with Crippen LogP contribution in [-0.2, 0) is 10.0 Å². The van der Waals surface area contributed by atoms with Crippen molar-refractivity contribution in [2.24, 2.45) is 0 Å². The average Bonchev–Trinajstić information content (AvgIpc) is 2.85. The van der Waals surface area contributed by atoms with Crippen molar-refractivity contribution in [2.45, 2.75) is 56.4 Å². The van der Waals surface area contributed by atoms with Gasteiger partial charge in [-0.25, -0.2) is 13.4 Å². The summed E-state index contributed by atoms with van der Waals surface area (Å²) in [5, 5.41) is 3.46. The van der Waals surface area contributed by atoms with Gasteiger partial charge < -0.3 is 5.32 Å². The lowest BCUT2D eigenvalue weighted by Gasteiger charge is -2.17. The maximum atomic E-state index is 12.4. The van der Waals surface area contributed by atoms with Gasteiger partial charge in [0.05, 0.1) is 16.8 Å². The van der Waals surface area contributed by atoms with Gasteiger partial charge in [-0.1, -0.05) is 43.4 Å². The Balaban J connectivity index is 1.64. The Morgan fingerprint density at radius 3 is 2.24 bits per heavy atom. The first-order valence-corrected chi connectivity index (χ1v) is 10.3. The number of nitrogens with zero attached hydrogens (tertiary/aromatic N) is 1. The molecule has 5 nitrogen and oxygen atoms in total.